The third-order valence-electron chi connectivity index (χ3n) is 4.34. The first-order chi connectivity index (χ1) is 13.2. The van der Waals surface area contributed by atoms with E-state index >= 15 is 0 Å². The Morgan fingerprint density at radius 2 is 1.96 bits per heavy atom. The number of likely N-dealkylation sites (N-methyl/N-ethyl adjacent to an activating group) is 1. The molecule has 1 aromatic rings. The second kappa shape index (κ2) is 14.8. The first kappa shape index (κ1) is 24.9. The Bertz CT molecular complexity index is 565. The molecule has 28 heavy (non-hydrogen) atoms. The molecule has 0 saturated carbocycles. The standard InChI is InChI=1S/C20H35N5O2.HI/c1-4-21-20(22-9-10-25-12-14-26-15-13-25)23-17-18-7-5-6-8-19(18)27-16-11-24(2)3;/h5-8H,4,9-17H2,1-3H3,(H2,21,22,23);1H. The molecule has 0 spiro atoms. The van der Waals surface area contributed by atoms with E-state index in [0.717, 1.165) is 69.8 Å². The quantitative estimate of drug-likeness (QED) is 0.287. The Morgan fingerprint density at radius 3 is 2.68 bits per heavy atom. The summed E-state index contributed by atoms with van der Waals surface area (Å²) in [6.45, 7) is 10.6. The van der Waals surface area contributed by atoms with Crippen molar-refractivity contribution in [3.8, 4) is 5.75 Å². The van der Waals surface area contributed by atoms with Crippen LogP contribution in [0.4, 0.5) is 0 Å². The van der Waals surface area contributed by atoms with Crippen LogP contribution in [0.1, 0.15) is 12.5 Å². The molecule has 0 amide bonds. The molecule has 0 radical (unpaired) electrons. The van der Waals surface area contributed by atoms with Crippen molar-refractivity contribution in [3.05, 3.63) is 29.8 Å². The number of para-hydroxylation sites is 1. The molecule has 1 aromatic carbocycles. The molecule has 1 fully saturated rings. The van der Waals surface area contributed by atoms with Gasteiger partial charge >= 0.3 is 0 Å². The van der Waals surface area contributed by atoms with Gasteiger partial charge in [-0.2, -0.15) is 0 Å². The Labute approximate surface area is 186 Å². The van der Waals surface area contributed by atoms with E-state index in [-0.39, 0.29) is 24.0 Å². The van der Waals surface area contributed by atoms with Crippen LogP contribution in [0.15, 0.2) is 29.3 Å². The highest BCUT2D eigenvalue weighted by molar-refractivity contribution is 14.0. The third kappa shape index (κ3) is 9.90. The van der Waals surface area contributed by atoms with Gasteiger partial charge in [-0.3, -0.25) is 4.90 Å². The number of guanidine groups is 1. The number of ether oxygens (including phenoxy) is 2. The molecule has 7 nitrogen and oxygen atoms in total. The zero-order chi connectivity index (χ0) is 19.3. The number of aliphatic imine (C=N–C) groups is 1. The van der Waals surface area contributed by atoms with Gasteiger partial charge in [0.05, 0.1) is 19.8 Å². The average Bonchev–Trinajstić information content (AvgIpc) is 2.67. The molecule has 0 aliphatic carbocycles. The molecule has 160 valence electrons. The average molecular weight is 505 g/mol. The van der Waals surface area contributed by atoms with E-state index < -0.39 is 0 Å². The second-order valence-electron chi connectivity index (χ2n) is 6.84. The highest BCUT2D eigenvalue weighted by Crippen LogP contribution is 2.18. The van der Waals surface area contributed by atoms with Gasteiger partial charge in [0, 0.05) is 44.8 Å². The molecule has 0 unspecified atom stereocenters. The molecule has 1 aliphatic rings. The molecule has 1 aliphatic heterocycles. The van der Waals surface area contributed by atoms with Crippen molar-refractivity contribution in [1.29, 1.82) is 0 Å². The summed E-state index contributed by atoms with van der Waals surface area (Å²) in [5.74, 6) is 1.75. The Morgan fingerprint density at radius 1 is 1.21 bits per heavy atom. The molecule has 1 saturated heterocycles. The molecule has 0 bridgehead atoms. The van der Waals surface area contributed by atoms with Gasteiger partial charge in [0.25, 0.3) is 0 Å². The van der Waals surface area contributed by atoms with Crippen LogP contribution in [-0.4, -0.2) is 88.9 Å². The van der Waals surface area contributed by atoms with E-state index in [1.165, 1.54) is 0 Å². The van der Waals surface area contributed by atoms with Crippen molar-refractivity contribution in [2.45, 2.75) is 13.5 Å². The molecule has 2 N–H and O–H groups in total. The number of nitrogens with one attached hydrogen (secondary N) is 2. The molecular weight excluding hydrogens is 469 g/mol. The molecule has 0 atom stereocenters. The van der Waals surface area contributed by atoms with Gasteiger partial charge in [0.2, 0.25) is 0 Å². The fourth-order valence-electron chi connectivity index (χ4n) is 2.78. The fraction of sp³-hybridized carbons (Fsp3) is 0.650. The summed E-state index contributed by atoms with van der Waals surface area (Å²) >= 11 is 0. The van der Waals surface area contributed by atoms with Gasteiger partial charge in [0.15, 0.2) is 5.96 Å². The van der Waals surface area contributed by atoms with Crippen molar-refractivity contribution in [2.24, 2.45) is 4.99 Å². The van der Waals surface area contributed by atoms with Crippen LogP contribution in [0.3, 0.4) is 0 Å². The van der Waals surface area contributed by atoms with Gasteiger partial charge in [-0.15, -0.1) is 24.0 Å². The number of halogens is 1. The minimum absolute atomic E-state index is 0. The Hall–Kier alpha value is -1.10. The maximum absolute atomic E-state index is 5.93. The van der Waals surface area contributed by atoms with Crippen LogP contribution in [-0.2, 0) is 11.3 Å². The third-order valence-corrected chi connectivity index (χ3v) is 4.34. The van der Waals surface area contributed by atoms with Crippen LogP contribution in [0.25, 0.3) is 0 Å². The highest BCUT2D eigenvalue weighted by Gasteiger charge is 2.10. The van der Waals surface area contributed by atoms with Crippen molar-refractivity contribution in [3.63, 3.8) is 0 Å². The lowest BCUT2D eigenvalue weighted by Crippen LogP contribution is -2.44. The van der Waals surface area contributed by atoms with Crippen LogP contribution in [0.2, 0.25) is 0 Å². The van der Waals surface area contributed by atoms with Gasteiger partial charge < -0.3 is 25.0 Å². The lowest BCUT2D eigenvalue weighted by molar-refractivity contribution is 0.0389. The summed E-state index contributed by atoms with van der Waals surface area (Å²) in [5.41, 5.74) is 1.10. The molecule has 2 rings (SSSR count). The zero-order valence-electron chi connectivity index (χ0n) is 17.4. The minimum Gasteiger partial charge on any atom is -0.492 e. The van der Waals surface area contributed by atoms with Gasteiger partial charge in [-0.25, -0.2) is 4.99 Å². The molecule has 0 aromatic heterocycles. The van der Waals surface area contributed by atoms with Crippen molar-refractivity contribution < 1.29 is 9.47 Å². The molecular formula is C20H36IN5O2. The maximum Gasteiger partial charge on any atom is 0.191 e. The highest BCUT2D eigenvalue weighted by atomic mass is 127. The first-order valence-electron chi connectivity index (χ1n) is 9.86. The van der Waals surface area contributed by atoms with Crippen LogP contribution >= 0.6 is 24.0 Å². The van der Waals surface area contributed by atoms with E-state index in [2.05, 4.69) is 33.4 Å². The lowest BCUT2D eigenvalue weighted by atomic mass is 10.2. The summed E-state index contributed by atoms with van der Waals surface area (Å²) in [7, 11) is 4.09. The topological polar surface area (TPSA) is 61.4 Å². The smallest absolute Gasteiger partial charge is 0.191 e. The minimum atomic E-state index is 0. The zero-order valence-corrected chi connectivity index (χ0v) is 19.8. The Kier molecular flexibility index (Phi) is 13.2. The number of nitrogens with zero attached hydrogens (tertiary/aromatic N) is 3. The van der Waals surface area contributed by atoms with Gasteiger partial charge in [0.1, 0.15) is 12.4 Å². The lowest BCUT2D eigenvalue weighted by Gasteiger charge is -2.26. The number of hydrogen-bond acceptors (Lipinski definition) is 5. The summed E-state index contributed by atoms with van der Waals surface area (Å²) < 4.78 is 11.3. The van der Waals surface area contributed by atoms with Crippen molar-refractivity contribution in [2.75, 3.05) is 73.2 Å². The van der Waals surface area contributed by atoms with Gasteiger partial charge in [-0.05, 0) is 27.1 Å². The van der Waals surface area contributed by atoms with E-state index in [1.54, 1.807) is 0 Å². The van der Waals surface area contributed by atoms with Crippen LogP contribution in [0.5, 0.6) is 5.75 Å². The number of hydrogen-bond donors (Lipinski definition) is 2. The largest absolute Gasteiger partial charge is 0.492 e. The van der Waals surface area contributed by atoms with E-state index in [9.17, 15) is 0 Å². The monoisotopic (exact) mass is 505 g/mol. The Balaban J connectivity index is 0.00000392. The van der Waals surface area contributed by atoms with Crippen LogP contribution < -0.4 is 15.4 Å². The summed E-state index contributed by atoms with van der Waals surface area (Å²) in [6, 6.07) is 8.12. The van der Waals surface area contributed by atoms with E-state index in [1.807, 2.05) is 32.3 Å². The van der Waals surface area contributed by atoms with Crippen LogP contribution in [0, 0.1) is 0 Å². The number of benzene rings is 1. The molecule has 8 heteroatoms. The number of rotatable bonds is 10. The van der Waals surface area contributed by atoms with Gasteiger partial charge in [-0.1, -0.05) is 18.2 Å². The second-order valence-corrected chi connectivity index (χ2v) is 6.84. The predicted octanol–water partition coefficient (Wildman–Crippen LogP) is 1.63. The van der Waals surface area contributed by atoms with E-state index in [0.29, 0.717) is 13.2 Å². The fourth-order valence-corrected chi connectivity index (χ4v) is 2.78. The predicted molar refractivity (Wildman–Crippen MR) is 126 cm³/mol. The van der Waals surface area contributed by atoms with Crippen molar-refractivity contribution >= 4 is 29.9 Å². The molecule has 1 heterocycles. The van der Waals surface area contributed by atoms with E-state index in [4.69, 9.17) is 14.5 Å². The van der Waals surface area contributed by atoms with Crippen molar-refractivity contribution in [1.82, 2.24) is 20.4 Å². The number of morpholine rings is 1. The SMILES string of the molecule is CCNC(=NCc1ccccc1OCCN(C)C)NCCN1CCOCC1.I. The summed E-state index contributed by atoms with van der Waals surface area (Å²) in [5, 5.41) is 6.74. The normalized spacial score (nSPS) is 15.2. The first-order valence-corrected chi connectivity index (χ1v) is 9.86. The summed E-state index contributed by atoms with van der Waals surface area (Å²) in [6.07, 6.45) is 0. The summed E-state index contributed by atoms with van der Waals surface area (Å²) in [4.78, 5) is 9.26. The maximum atomic E-state index is 5.93.